The molecule has 0 aromatic rings. The van der Waals surface area contributed by atoms with E-state index in [1.165, 1.54) is 64.7 Å². The van der Waals surface area contributed by atoms with Crippen molar-refractivity contribution in [1.82, 2.24) is 9.80 Å². The summed E-state index contributed by atoms with van der Waals surface area (Å²) < 4.78 is 0. The third-order valence-corrected chi connectivity index (χ3v) is 4.32. The summed E-state index contributed by atoms with van der Waals surface area (Å²) in [5.41, 5.74) is 6.21. The number of hydrogen-bond acceptors (Lipinski definition) is 3. The van der Waals surface area contributed by atoms with Crippen molar-refractivity contribution in [3.05, 3.63) is 0 Å². The molecule has 1 saturated heterocycles. The molecule has 1 aliphatic heterocycles. The third kappa shape index (κ3) is 3.19. The first-order valence-electron chi connectivity index (χ1n) is 6.95. The monoisotopic (exact) mass is 225 g/mol. The topological polar surface area (TPSA) is 32.5 Å². The fraction of sp³-hybridized carbons (Fsp3) is 1.00. The molecule has 2 N–H and O–H groups in total. The maximum absolute atomic E-state index is 6.21. The van der Waals surface area contributed by atoms with Gasteiger partial charge in [0.1, 0.15) is 0 Å². The largest absolute Gasteiger partial charge is 0.326 e. The van der Waals surface area contributed by atoms with Crippen molar-refractivity contribution in [2.24, 2.45) is 5.73 Å². The molecule has 0 spiro atoms. The summed E-state index contributed by atoms with van der Waals surface area (Å²) in [6.45, 7) is 5.05. The van der Waals surface area contributed by atoms with E-state index in [0.29, 0.717) is 12.1 Å². The van der Waals surface area contributed by atoms with Gasteiger partial charge in [-0.2, -0.15) is 0 Å². The van der Waals surface area contributed by atoms with Gasteiger partial charge in [-0.25, -0.2) is 0 Å². The normalized spacial score (nSPS) is 32.4. The summed E-state index contributed by atoms with van der Waals surface area (Å²) in [6, 6.07) is 1.05. The van der Waals surface area contributed by atoms with E-state index in [9.17, 15) is 0 Å². The number of nitrogens with zero attached hydrogens (tertiary/aromatic N) is 2. The van der Waals surface area contributed by atoms with E-state index in [1.807, 2.05) is 0 Å². The lowest BCUT2D eigenvalue weighted by Gasteiger charge is -2.36. The predicted molar refractivity (Wildman–Crippen MR) is 68.5 cm³/mol. The molecule has 94 valence electrons. The molecule has 0 aromatic heterocycles. The fourth-order valence-corrected chi connectivity index (χ4v) is 3.16. The molecule has 2 aliphatic rings. The van der Waals surface area contributed by atoms with Crippen LogP contribution in [-0.4, -0.2) is 55.1 Å². The smallest absolute Gasteiger partial charge is 0.0244 e. The second-order valence-corrected chi connectivity index (χ2v) is 5.55. The van der Waals surface area contributed by atoms with Crippen molar-refractivity contribution in [1.29, 1.82) is 0 Å². The summed E-state index contributed by atoms with van der Waals surface area (Å²) in [4.78, 5) is 5.09. The van der Waals surface area contributed by atoms with Crippen LogP contribution in [0.15, 0.2) is 0 Å². The van der Waals surface area contributed by atoms with Crippen LogP contribution in [0.25, 0.3) is 0 Å². The van der Waals surface area contributed by atoms with E-state index in [1.54, 1.807) is 0 Å². The Kier molecular flexibility index (Phi) is 4.62. The standard InChI is InChI=1S/C13H27N3/c1-15(10-11-16-8-4-5-9-16)13-7-3-2-6-12(13)14/h12-13H,2-11,14H2,1H3. The molecule has 2 unspecified atom stereocenters. The average Bonchev–Trinajstić information content (AvgIpc) is 2.79. The lowest BCUT2D eigenvalue weighted by Crippen LogP contribution is -2.49. The minimum absolute atomic E-state index is 0.414. The van der Waals surface area contributed by atoms with Gasteiger partial charge in [-0.1, -0.05) is 12.8 Å². The summed E-state index contributed by atoms with van der Waals surface area (Å²) in [5.74, 6) is 0. The first-order valence-corrected chi connectivity index (χ1v) is 6.95. The Bertz CT molecular complexity index is 201. The van der Waals surface area contributed by atoms with Crippen LogP contribution in [-0.2, 0) is 0 Å². The molecule has 0 bridgehead atoms. The van der Waals surface area contributed by atoms with Gasteiger partial charge < -0.3 is 15.5 Å². The summed E-state index contributed by atoms with van der Waals surface area (Å²) in [6.07, 6.45) is 8.01. The van der Waals surface area contributed by atoms with Gasteiger partial charge >= 0.3 is 0 Å². The van der Waals surface area contributed by atoms with E-state index >= 15 is 0 Å². The highest BCUT2D eigenvalue weighted by molar-refractivity contribution is 4.85. The SMILES string of the molecule is CN(CCN1CCCC1)C1CCCCC1N. The van der Waals surface area contributed by atoms with E-state index in [0.717, 1.165) is 0 Å². The molecule has 3 nitrogen and oxygen atoms in total. The highest BCUT2D eigenvalue weighted by Gasteiger charge is 2.25. The lowest BCUT2D eigenvalue weighted by atomic mass is 9.90. The molecular weight excluding hydrogens is 198 g/mol. The van der Waals surface area contributed by atoms with E-state index in [-0.39, 0.29) is 0 Å². The maximum Gasteiger partial charge on any atom is 0.0244 e. The van der Waals surface area contributed by atoms with Crippen molar-refractivity contribution >= 4 is 0 Å². The van der Waals surface area contributed by atoms with Crippen LogP contribution in [0.3, 0.4) is 0 Å². The van der Waals surface area contributed by atoms with Gasteiger partial charge in [0.15, 0.2) is 0 Å². The molecule has 1 heterocycles. The minimum atomic E-state index is 0.414. The zero-order valence-electron chi connectivity index (χ0n) is 10.7. The average molecular weight is 225 g/mol. The van der Waals surface area contributed by atoms with Gasteiger partial charge in [-0.15, -0.1) is 0 Å². The quantitative estimate of drug-likeness (QED) is 0.782. The molecular formula is C13H27N3. The number of likely N-dealkylation sites (tertiary alicyclic amines) is 1. The Labute approximate surface area is 100.0 Å². The predicted octanol–water partition coefficient (Wildman–Crippen LogP) is 1.28. The first kappa shape index (κ1) is 12.3. The number of likely N-dealkylation sites (N-methyl/N-ethyl adjacent to an activating group) is 1. The Balaban J connectivity index is 1.71. The molecule has 2 fully saturated rings. The second-order valence-electron chi connectivity index (χ2n) is 5.55. The van der Waals surface area contributed by atoms with Crippen molar-refractivity contribution < 1.29 is 0 Å². The van der Waals surface area contributed by atoms with E-state index < -0.39 is 0 Å². The van der Waals surface area contributed by atoms with Crippen molar-refractivity contribution in [2.75, 3.05) is 33.2 Å². The van der Waals surface area contributed by atoms with Gasteiger partial charge in [-0.05, 0) is 45.8 Å². The summed E-state index contributed by atoms with van der Waals surface area (Å²) >= 11 is 0. The van der Waals surface area contributed by atoms with Crippen LogP contribution < -0.4 is 5.73 Å². The molecule has 1 aliphatic carbocycles. The van der Waals surface area contributed by atoms with Crippen LogP contribution in [0.1, 0.15) is 38.5 Å². The number of hydrogen-bond donors (Lipinski definition) is 1. The van der Waals surface area contributed by atoms with Crippen molar-refractivity contribution in [2.45, 2.75) is 50.6 Å². The molecule has 0 amide bonds. The second kappa shape index (κ2) is 5.99. The van der Waals surface area contributed by atoms with E-state index in [4.69, 9.17) is 5.73 Å². The summed E-state index contributed by atoms with van der Waals surface area (Å²) in [5, 5.41) is 0. The Hall–Kier alpha value is -0.120. The van der Waals surface area contributed by atoms with Crippen LogP contribution >= 0.6 is 0 Å². The van der Waals surface area contributed by atoms with Gasteiger partial charge in [0, 0.05) is 25.2 Å². The van der Waals surface area contributed by atoms with Crippen molar-refractivity contribution in [3.8, 4) is 0 Å². The van der Waals surface area contributed by atoms with Crippen LogP contribution in [0, 0.1) is 0 Å². The fourth-order valence-electron chi connectivity index (χ4n) is 3.16. The molecule has 1 saturated carbocycles. The van der Waals surface area contributed by atoms with Crippen LogP contribution in [0.5, 0.6) is 0 Å². The Morgan fingerprint density at radius 1 is 1.12 bits per heavy atom. The van der Waals surface area contributed by atoms with Gasteiger partial charge in [0.25, 0.3) is 0 Å². The Morgan fingerprint density at radius 3 is 2.50 bits per heavy atom. The highest BCUT2D eigenvalue weighted by Crippen LogP contribution is 2.21. The molecule has 0 radical (unpaired) electrons. The lowest BCUT2D eigenvalue weighted by molar-refractivity contribution is 0.152. The minimum Gasteiger partial charge on any atom is -0.326 e. The Morgan fingerprint density at radius 2 is 1.81 bits per heavy atom. The van der Waals surface area contributed by atoms with Gasteiger partial charge in [0.2, 0.25) is 0 Å². The van der Waals surface area contributed by atoms with Crippen molar-refractivity contribution in [3.63, 3.8) is 0 Å². The maximum atomic E-state index is 6.21. The first-order chi connectivity index (χ1) is 7.77. The van der Waals surface area contributed by atoms with Gasteiger partial charge in [0.05, 0.1) is 0 Å². The molecule has 2 atom stereocenters. The number of rotatable bonds is 4. The van der Waals surface area contributed by atoms with Crippen LogP contribution in [0.2, 0.25) is 0 Å². The highest BCUT2D eigenvalue weighted by atomic mass is 15.2. The molecule has 16 heavy (non-hydrogen) atoms. The number of nitrogens with two attached hydrogens (primary N) is 1. The summed E-state index contributed by atoms with van der Waals surface area (Å²) in [7, 11) is 2.26. The van der Waals surface area contributed by atoms with Crippen LogP contribution in [0.4, 0.5) is 0 Å². The zero-order valence-corrected chi connectivity index (χ0v) is 10.7. The molecule has 3 heteroatoms. The third-order valence-electron chi connectivity index (χ3n) is 4.32. The zero-order chi connectivity index (χ0) is 11.4. The molecule has 2 rings (SSSR count). The van der Waals surface area contributed by atoms with E-state index in [2.05, 4.69) is 16.8 Å². The molecule has 0 aromatic carbocycles. The van der Waals surface area contributed by atoms with Gasteiger partial charge in [-0.3, -0.25) is 0 Å².